The molecule has 0 saturated heterocycles. The molecule has 0 aromatic heterocycles. The van der Waals surface area contributed by atoms with E-state index in [0.717, 1.165) is 33.0 Å². The van der Waals surface area contributed by atoms with Crippen LogP contribution in [0.1, 0.15) is 36.5 Å². The molecule has 0 spiro atoms. The molecule has 0 aliphatic carbocycles. The van der Waals surface area contributed by atoms with Crippen LogP contribution in [0.2, 0.25) is 0 Å². The number of anilines is 2. The lowest BCUT2D eigenvalue weighted by Gasteiger charge is -2.20. The van der Waals surface area contributed by atoms with E-state index < -0.39 is 0 Å². The molecule has 1 unspecified atom stereocenters. The summed E-state index contributed by atoms with van der Waals surface area (Å²) in [7, 11) is 1.62. The van der Waals surface area contributed by atoms with Crippen LogP contribution >= 0.6 is 0 Å². The van der Waals surface area contributed by atoms with Gasteiger partial charge in [0.25, 0.3) is 11.8 Å². The van der Waals surface area contributed by atoms with E-state index in [9.17, 15) is 9.59 Å². The number of para-hydroxylation sites is 1. The molecular weight excluding hydrogens is 378 g/mol. The van der Waals surface area contributed by atoms with Crippen LogP contribution in [0, 0.1) is 13.8 Å². The molecule has 2 rings (SSSR count). The largest absolute Gasteiger partial charge is 0.379 e. The number of quaternary nitrogens is 1. The lowest BCUT2D eigenvalue weighted by Crippen LogP contribution is -3.14. The van der Waals surface area contributed by atoms with Gasteiger partial charge in [-0.1, -0.05) is 44.2 Å². The van der Waals surface area contributed by atoms with Crippen LogP contribution in [0.15, 0.2) is 42.5 Å². The van der Waals surface area contributed by atoms with Gasteiger partial charge in [-0.3, -0.25) is 9.59 Å². The molecule has 2 aromatic carbocycles. The van der Waals surface area contributed by atoms with E-state index in [0.29, 0.717) is 19.1 Å². The van der Waals surface area contributed by atoms with Crippen molar-refractivity contribution in [2.24, 2.45) is 0 Å². The van der Waals surface area contributed by atoms with Crippen LogP contribution in [-0.2, 0) is 14.3 Å². The highest BCUT2D eigenvalue weighted by atomic mass is 16.5. The highest BCUT2D eigenvalue weighted by Gasteiger charge is 2.20. The van der Waals surface area contributed by atoms with Gasteiger partial charge in [0.15, 0.2) is 13.1 Å². The van der Waals surface area contributed by atoms with Gasteiger partial charge in [-0.05, 0) is 48.6 Å². The minimum absolute atomic E-state index is 0.117. The molecule has 0 bridgehead atoms. The Morgan fingerprint density at radius 3 is 2.17 bits per heavy atom. The van der Waals surface area contributed by atoms with Gasteiger partial charge in [-0.15, -0.1) is 0 Å². The average molecular weight is 413 g/mol. The molecule has 2 aromatic rings. The van der Waals surface area contributed by atoms with E-state index in [1.54, 1.807) is 7.11 Å². The van der Waals surface area contributed by atoms with Crippen molar-refractivity contribution in [1.82, 2.24) is 0 Å². The van der Waals surface area contributed by atoms with Gasteiger partial charge in [-0.25, -0.2) is 0 Å². The third-order valence-corrected chi connectivity index (χ3v) is 5.22. The second-order valence-electron chi connectivity index (χ2n) is 7.93. The Morgan fingerprint density at radius 2 is 1.53 bits per heavy atom. The predicted octanol–water partition coefficient (Wildman–Crippen LogP) is 2.54. The third kappa shape index (κ3) is 6.97. The molecule has 6 nitrogen and oxygen atoms in total. The van der Waals surface area contributed by atoms with E-state index >= 15 is 0 Å². The number of aryl methyl sites for hydroxylation is 1. The zero-order chi connectivity index (χ0) is 22.1. The Kier molecular flexibility index (Phi) is 9.02. The van der Waals surface area contributed by atoms with Crippen LogP contribution in [-0.4, -0.2) is 45.2 Å². The zero-order valence-electron chi connectivity index (χ0n) is 18.7. The average Bonchev–Trinajstić information content (AvgIpc) is 2.69. The van der Waals surface area contributed by atoms with Crippen molar-refractivity contribution in [3.63, 3.8) is 0 Å². The van der Waals surface area contributed by atoms with Crippen molar-refractivity contribution in [1.29, 1.82) is 0 Å². The molecule has 0 aliphatic heterocycles. The number of methoxy groups -OCH3 is 1. The number of hydrogen-bond acceptors (Lipinski definition) is 3. The first-order chi connectivity index (χ1) is 14.3. The number of hydrogen-bond donors (Lipinski definition) is 3. The van der Waals surface area contributed by atoms with Gasteiger partial charge >= 0.3 is 0 Å². The van der Waals surface area contributed by atoms with Crippen molar-refractivity contribution in [2.45, 2.75) is 33.6 Å². The molecule has 0 heterocycles. The SMILES string of the molecule is COCC[NH+](CC(=O)Nc1ccccc1C(C)C)CC(=O)Nc1cccc(C)c1C. The maximum absolute atomic E-state index is 12.7. The molecule has 30 heavy (non-hydrogen) atoms. The fourth-order valence-corrected chi connectivity index (χ4v) is 3.33. The fourth-order valence-electron chi connectivity index (χ4n) is 3.33. The molecule has 0 aliphatic rings. The number of rotatable bonds is 10. The van der Waals surface area contributed by atoms with Crippen LogP contribution in [0.4, 0.5) is 11.4 Å². The lowest BCUT2D eigenvalue weighted by atomic mass is 10.0. The van der Waals surface area contributed by atoms with Gasteiger partial charge in [0.2, 0.25) is 0 Å². The first-order valence-corrected chi connectivity index (χ1v) is 10.4. The van der Waals surface area contributed by atoms with Crippen molar-refractivity contribution in [3.05, 3.63) is 59.2 Å². The summed E-state index contributed by atoms with van der Waals surface area (Å²) in [6, 6.07) is 13.6. The van der Waals surface area contributed by atoms with Gasteiger partial charge in [0, 0.05) is 18.5 Å². The smallest absolute Gasteiger partial charge is 0.279 e. The normalized spacial score (nSPS) is 11.9. The molecule has 3 N–H and O–H groups in total. The van der Waals surface area contributed by atoms with Gasteiger partial charge in [0.1, 0.15) is 6.54 Å². The van der Waals surface area contributed by atoms with Crippen LogP contribution in [0.3, 0.4) is 0 Å². The molecule has 2 amide bonds. The van der Waals surface area contributed by atoms with Crippen LogP contribution < -0.4 is 15.5 Å². The summed E-state index contributed by atoms with van der Waals surface area (Å²) in [5.41, 5.74) is 4.90. The Morgan fingerprint density at radius 1 is 0.933 bits per heavy atom. The summed E-state index contributed by atoms with van der Waals surface area (Å²) >= 11 is 0. The summed E-state index contributed by atoms with van der Waals surface area (Å²) in [5, 5.41) is 5.98. The minimum atomic E-state index is -0.120. The van der Waals surface area contributed by atoms with Crippen LogP contribution in [0.25, 0.3) is 0 Å². The third-order valence-electron chi connectivity index (χ3n) is 5.22. The maximum atomic E-state index is 12.7. The standard InChI is InChI=1S/C24H33N3O3/c1-17(2)20-10-6-7-11-22(20)26-24(29)16-27(13-14-30-5)15-23(28)25-21-12-8-9-18(3)19(21)4/h6-12,17H,13-16H2,1-5H3,(H,25,28)(H,26,29)/p+1. The molecule has 0 fully saturated rings. The highest BCUT2D eigenvalue weighted by molar-refractivity contribution is 5.94. The Hall–Kier alpha value is -2.70. The zero-order valence-corrected chi connectivity index (χ0v) is 18.7. The number of amides is 2. The number of ether oxygens (including phenoxy) is 1. The molecule has 0 radical (unpaired) electrons. The second kappa shape index (κ2) is 11.5. The molecule has 1 atom stereocenters. The molecule has 0 saturated carbocycles. The Labute approximate surface area is 179 Å². The summed E-state index contributed by atoms with van der Waals surface area (Å²) < 4.78 is 5.17. The van der Waals surface area contributed by atoms with Crippen molar-refractivity contribution in [3.8, 4) is 0 Å². The first-order valence-electron chi connectivity index (χ1n) is 10.4. The van der Waals surface area contributed by atoms with Gasteiger partial charge in [0.05, 0.1) is 6.61 Å². The lowest BCUT2D eigenvalue weighted by molar-refractivity contribution is -0.883. The van der Waals surface area contributed by atoms with Crippen molar-refractivity contribution >= 4 is 23.2 Å². The molecule has 162 valence electrons. The van der Waals surface area contributed by atoms with E-state index in [2.05, 4.69) is 24.5 Å². The summed E-state index contributed by atoms with van der Waals surface area (Å²) in [5.74, 6) is 0.0701. The van der Waals surface area contributed by atoms with Crippen molar-refractivity contribution in [2.75, 3.05) is 44.0 Å². The van der Waals surface area contributed by atoms with Gasteiger partial charge < -0.3 is 20.3 Å². The number of benzene rings is 2. The van der Waals surface area contributed by atoms with E-state index in [1.807, 2.05) is 56.3 Å². The quantitative estimate of drug-likeness (QED) is 0.562. The Bertz CT molecular complexity index is 865. The summed E-state index contributed by atoms with van der Waals surface area (Å²) in [4.78, 5) is 26.2. The van der Waals surface area contributed by atoms with Crippen molar-refractivity contribution < 1.29 is 19.2 Å². The van der Waals surface area contributed by atoms with Crippen LogP contribution in [0.5, 0.6) is 0 Å². The molecular formula is C24H34N3O3+. The number of carbonyl (C=O) groups excluding carboxylic acids is 2. The number of carbonyl (C=O) groups is 2. The monoisotopic (exact) mass is 412 g/mol. The summed E-state index contributed by atoms with van der Waals surface area (Å²) in [6.45, 7) is 9.61. The summed E-state index contributed by atoms with van der Waals surface area (Å²) in [6.07, 6.45) is 0. The predicted molar refractivity (Wildman–Crippen MR) is 121 cm³/mol. The second-order valence-corrected chi connectivity index (χ2v) is 7.93. The van der Waals surface area contributed by atoms with E-state index in [-0.39, 0.29) is 24.9 Å². The van der Waals surface area contributed by atoms with Gasteiger partial charge in [-0.2, -0.15) is 0 Å². The highest BCUT2D eigenvalue weighted by Crippen LogP contribution is 2.23. The number of nitrogens with one attached hydrogen (secondary N) is 3. The first kappa shape index (κ1) is 23.6. The van der Waals surface area contributed by atoms with E-state index in [4.69, 9.17) is 4.74 Å². The topological polar surface area (TPSA) is 71.9 Å². The van der Waals surface area contributed by atoms with E-state index in [1.165, 1.54) is 0 Å². The minimum Gasteiger partial charge on any atom is -0.379 e. The maximum Gasteiger partial charge on any atom is 0.279 e. The Balaban J connectivity index is 2.02. The molecule has 6 heteroatoms. The fraction of sp³-hybridized carbons (Fsp3) is 0.417.